The number of aromatic amines is 1. The maximum atomic E-state index is 4.39. The van der Waals surface area contributed by atoms with E-state index in [0.717, 1.165) is 18.8 Å². The zero-order chi connectivity index (χ0) is 13.0. The Hall–Kier alpha value is -1.61. The van der Waals surface area contributed by atoms with E-state index in [2.05, 4.69) is 60.3 Å². The van der Waals surface area contributed by atoms with Crippen LogP contribution in [0.15, 0.2) is 30.5 Å². The summed E-state index contributed by atoms with van der Waals surface area (Å²) >= 11 is 0. The molecule has 3 heteroatoms. The second-order valence-electron chi connectivity index (χ2n) is 4.87. The summed E-state index contributed by atoms with van der Waals surface area (Å²) < 4.78 is 0. The van der Waals surface area contributed by atoms with E-state index in [1.54, 1.807) is 0 Å². The topological polar surface area (TPSA) is 31.9 Å². The molecule has 0 unspecified atom stereocenters. The molecule has 0 radical (unpaired) electrons. The van der Waals surface area contributed by atoms with Crippen LogP contribution < -0.4 is 0 Å². The van der Waals surface area contributed by atoms with E-state index in [9.17, 15) is 0 Å². The Morgan fingerprint density at radius 3 is 2.89 bits per heavy atom. The molecule has 3 nitrogen and oxygen atoms in total. The number of benzene rings is 1. The third-order valence-electron chi connectivity index (χ3n) is 3.06. The minimum atomic E-state index is 0.938. The van der Waals surface area contributed by atoms with E-state index in [1.165, 1.54) is 23.1 Å². The molecule has 18 heavy (non-hydrogen) atoms. The average Bonchev–Trinajstić information content (AvgIpc) is 2.77. The molecule has 1 N–H and O–H groups in total. The number of H-pyrrole nitrogens is 1. The first kappa shape index (κ1) is 12.8. The van der Waals surface area contributed by atoms with Gasteiger partial charge in [0.2, 0.25) is 0 Å². The SMILES string of the molecule is CCCN(C)Cc1c[nH]nc1-c1cccc(C)c1. The summed E-state index contributed by atoms with van der Waals surface area (Å²) in [6.07, 6.45) is 3.18. The molecule has 1 heterocycles. The Bertz CT molecular complexity index is 502. The van der Waals surface area contributed by atoms with Crippen molar-refractivity contribution in [3.8, 4) is 11.3 Å². The number of aryl methyl sites for hydroxylation is 1. The molecule has 0 fully saturated rings. The number of nitrogens with one attached hydrogen (secondary N) is 1. The second kappa shape index (κ2) is 5.83. The van der Waals surface area contributed by atoms with E-state index < -0.39 is 0 Å². The molecule has 96 valence electrons. The molecular formula is C15H21N3. The van der Waals surface area contributed by atoms with Crippen LogP contribution in [-0.4, -0.2) is 28.7 Å². The van der Waals surface area contributed by atoms with Crippen molar-refractivity contribution in [3.05, 3.63) is 41.6 Å². The molecular weight excluding hydrogens is 222 g/mol. The van der Waals surface area contributed by atoms with Gasteiger partial charge in [-0.05, 0) is 33.0 Å². The van der Waals surface area contributed by atoms with E-state index in [0.29, 0.717) is 0 Å². The summed E-state index contributed by atoms with van der Waals surface area (Å²) in [5, 5.41) is 7.38. The lowest BCUT2D eigenvalue weighted by Gasteiger charge is -2.15. The highest BCUT2D eigenvalue weighted by atomic mass is 15.1. The molecule has 0 saturated carbocycles. The van der Waals surface area contributed by atoms with Crippen LogP contribution >= 0.6 is 0 Å². The standard InChI is InChI=1S/C15H21N3/c1-4-8-18(3)11-14-10-16-17-15(14)13-7-5-6-12(2)9-13/h5-7,9-10H,4,8,11H2,1-3H3,(H,16,17). The van der Waals surface area contributed by atoms with Gasteiger partial charge in [0.25, 0.3) is 0 Å². The van der Waals surface area contributed by atoms with Crippen molar-refractivity contribution in [2.45, 2.75) is 26.8 Å². The van der Waals surface area contributed by atoms with Gasteiger partial charge < -0.3 is 4.90 Å². The minimum absolute atomic E-state index is 0.938. The molecule has 0 bridgehead atoms. The van der Waals surface area contributed by atoms with Crippen LogP contribution in [0.1, 0.15) is 24.5 Å². The molecule has 1 aromatic carbocycles. The predicted molar refractivity (Wildman–Crippen MR) is 75.4 cm³/mol. The smallest absolute Gasteiger partial charge is 0.0965 e. The Balaban J connectivity index is 2.22. The number of hydrogen-bond donors (Lipinski definition) is 1. The van der Waals surface area contributed by atoms with Gasteiger partial charge in [-0.3, -0.25) is 5.10 Å². The largest absolute Gasteiger partial charge is 0.302 e. The summed E-state index contributed by atoms with van der Waals surface area (Å²) in [4.78, 5) is 2.32. The lowest BCUT2D eigenvalue weighted by Crippen LogP contribution is -2.18. The molecule has 0 aliphatic rings. The minimum Gasteiger partial charge on any atom is -0.302 e. The first-order chi connectivity index (χ1) is 8.70. The number of nitrogens with zero attached hydrogens (tertiary/aromatic N) is 2. The van der Waals surface area contributed by atoms with E-state index >= 15 is 0 Å². The summed E-state index contributed by atoms with van der Waals surface area (Å²) in [5.41, 5.74) is 4.79. The van der Waals surface area contributed by atoms with Crippen LogP contribution in [0.4, 0.5) is 0 Å². The Labute approximate surface area is 109 Å². The second-order valence-corrected chi connectivity index (χ2v) is 4.87. The first-order valence-corrected chi connectivity index (χ1v) is 6.49. The van der Waals surface area contributed by atoms with Crippen molar-refractivity contribution in [1.82, 2.24) is 15.1 Å². The Morgan fingerprint density at radius 2 is 2.17 bits per heavy atom. The summed E-state index contributed by atoms with van der Waals surface area (Å²) in [6, 6.07) is 8.49. The van der Waals surface area contributed by atoms with Crippen molar-refractivity contribution in [1.29, 1.82) is 0 Å². The van der Waals surface area contributed by atoms with Crippen LogP contribution in [0, 0.1) is 6.92 Å². The fourth-order valence-corrected chi connectivity index (χ4v) is 2.23. The normalized spacial score (nSPS) is 11.1. The van der Waals surface area contributed by atoms with Gasteiger partial charge >= 0.3 is 0 Å². The number of rotatable bonds is 5. The van der Waals surface area contributed by atoms with Crippen LogP contribution in [0.3, 0.4) is 0 Å². The first-order valence-electron chi connectivity index (χ1n) is 6.49. The monoisotopic (exact) mass is 243 g/mol. The highest BCUT2D eigenvalue weighted by Gasteiger charge is 2.10. The number of aromatic nitrogens is 2. The maximum Gasteiger partial charge on any atom is 0.0965 e. The van der Waals surface area contributed by atoms with Crippen molar-refractivity contribution >= 4 is 0 Å². The molecule has 2 aromatic rings. The molecule has 2 rings (SSSR count). The predicted octanol–water partition coefficient (Wildman–Crippen LogP) is 3.23. The highest BCUT2D eigenvalue weighted by Crippen LogP contribution is 2.22. The lowest BCUT2D eigenvalue weighted by molar-refractivity contribution is 0.328. The zero-order valence-electron chi connectivity index (χ0n) is 11.4. The third kappa shape index (κ3) is 2.99. The van der Waals surface area contributed by atoms with Gasteiger partial charge in [0.1, 0.15) is 0 Å². The van der Waals surface area contributed by atoms with Gasteiger partial charge in [-0.2, -0.15) is 5.10 Å². The maximum absolute atomic E-state index is 4.39. The van der Waals surface area contributed by atoms with E-state index in [4.69, 9.17) is 0 Å². The van der Waals surface area contributed by atoms with Crippen molar-refractivity contribution in [2.75, 3.05) is 13.6 Å². The Kier molecular flexibility index (Phi) is 4.15. The van der Waals surface area contributed by atoms with E-state index in [-0.39, 0.29) is 0 Å². The molecule has 0 amide bonds. The quantitative estimate of drug-likeness (QED) is 0.874. The van der Waals surface area contributed by atoms with Gasteiger partial charge in [0.05, 0.1) is 5.69 Å². The fraction of sp³-hybridized carbons (Fsp3) is 0.400. The molecule has 0 saturated heterocycles. The van der Waals surface area contributed by atoms with Crippen LogP contribution in [0.2, 0.25) is 0 Å². The van der Waals surface area contributed by atoms with Crippen molar-refractivity contribution in [3.63, 3.8) is 0 Å². The van der Waals surface area contributed by atoms with E-state index in [1.807, 2.05) is 6.20 Å². The number of hydrogen-bond acceptors (Lipinski definition) is 2. The molecule has 1 aromatic heterocycles. The van der Waals surface area contributed by atoms with Crippen LogP contribution in [0.25, 0.3) is 11.3 Å². The molecule has 0 aliphatic carbocycles. The fourth-order valence-electron chi connectivity index (χ4n) is 2.23. The summed E-state index contributed by atoms with van der Waals surface area (Å²) in [5.74, 6) is 0. The summed E-state index contributed by atoms with van der Waals surface area (Å²) in [6.45, 7) is 6.36. The summed E-state index contributed by atoms with van der Waals surface area (Å²) in [7, 11) is 2.15. The van der Waals surface area contributed by atoms with Crippen molar-refractivity contribution in [2.24, 2.45) is 0 Å². The van der Waals surface area contributed by atoms with Gasteiger partial charge in [0, 0.05) is 23.9 Å². The zero-order valence-corrected chi connectivity index (χ0v) is 11.4. The molecule has 0 atom stereocenters. The van der Waals surface area contributed by atoms with Gasteiger partial charge in [-0.25, -0.2) is 0 Å². The molecule has 0 spiro atoms. The average molecular weight is 243 g/mol. The van der Waals surface area contributed by atoms with Crippen LogP contribution in [-0.2, 0) is 6.54 Å². The Morgan fingerprint density at radius 1 is 1.33 bits per heavy atom. The highest BCUT2D eigenvalue weighted by molar-refractivity contribution is 5.63. The van der Waals surface area contributed by atoms with Gasteiger partial charge in [-0.15, -0.1) is 0 Å². The van der Waals surface area contributed by atoms with Crippen molar-refractivity contribution < 1.29 is 0 Å². The van der Waals surface area contributed by atoms with Gasteiger partial charge in [0.15, 0.2) is 0 Å². The van der Waals surface area contributed by atoms with Crippen LogP contribution in [0.5, 0.6) is 0 Å². The van der Waals surface area contributed by atoms with Gasteiger partial charge in [-0.1, -0.05) is 30.7 Å². The molecule has 0 aliphatic heterocycles. The third-order valence-corrected chi connectivity index (χ3v) is 3.06. The lowest BCUT2D eigenvalue weighted by atomic mass is 10.1.